The Hall–Kier alpha value is -2.98. The Morgan fingerprint density at radius 1 is 1.44 bits per heavy atom. The summed E-state index contributed by atoms with van der Waals surface area (Å²) >= 11 is 1.28. The number of pyridine rings is 1. The van der Waals surface area contributed by atoms with Gasteiger partial charge in [-0.1, -0.05) is 6.07 Å². The van der Waals surface area contributed by atoms with Crippen molar-refractivity contribution in [2.24, 2.45) is 0 Å². The van der Waals surface area contributed by atoms with Crippen molar-refractivity contribution >= 4 is 34.3 Å². The lowest BCUT2D eigenvalue weighted by molar-refractivity contribution is -0.112. The maximum atomic E-state index is 12.4. The van der Waals surface area contributed by atoms with E-state index in [4.69, 9.17) is 4.74 Å². The summed E-state index contributed by atoms with van der Waals surface area (Å²) in [7, 11) is 0. The van der Waals surface area contributed by atoms with Gasteiger partial charge in [0.25, 0.3) is 5.91 Å². The van der Waals surface area contributed by atoms with Gasteiger partial charge in [0.15, 0.2) is 0 Å². The van der Waals surface area contributed by atoms with Gasteiger partial charge >= 0.3 is 5.97 Å². The van der Waals surface area contributed by atoms with E-state index in [-0.39, 0.29) is 12.2 Å². The zero-order valence-electron chi connectivity index (χ0n) is 14.1. The fourth-order valence-corrected chi connectivity index (χ4v) is 3.15. The average molecular weight is 355 g/mol. The fourth-order valence-electron chi connectivity index (χ4n) is 2.11. The third-order valence-electron chi connectivity index (χ3n) is 3.45. The Labute approximate surface area is 149 Å². The third-order valence-corrected chi connectivity index (χ3v) is 4.58. The van der Waals surface area contributed by atoms with E-state index in [0.29, 0.717) is 16.1 Å². The molecule has 1 amide bonds. The van der Waals surface area contributed by atoms with Crippen LogP contribution in [0.1, 0.15) is 33.3 Å². The highest BCUT2D eigenvalue weighted by atomic mass is 32.1. The Bertz CT molecular complexity index is 864. The van der Waals surface area contributed by atoms with Gasteiger partial charge in [0.05, 0.1) is 12.2 Å². The Balaban J connectivity index is 2.31. The van der Waals surface area contributed by atoms with Crippen molar-refractivity contribution in [2.45, 2.75) is 20.8 Å². The molecule has 0 aliphatic rings. The monoisotopic (exact) mass is 355 g/mol. The van der Waals surface area contributed by atoms with Crippen LogP contribution in [-0.2, 0) is 9.53 Å². The molecule has 0 saturated carbocycles. The lowest BCUT2D eigenvalue weighted by Crippen LogP contribution is -2.16. The number of carbonyl (C=O) groups excluding carboxylic acids is 2. The standard InChI is InChI=1S/C18H17N3O3S/c1-4-24-18(23)15-11(2)12(3)25-17(15)21-16(22)14(9-19)8-13-6-5-7-20-10-13/h5-8,10H,4H2,1-3H3,(H,21,22). The molecule has 25 heavy (non-hydrogen) atoms. The number of hydrogen-bond acceptors (Lipinski definition) is 6. The number of hydrogen-bond donors (Lipinski definition) is 1. The number of anilines is 1. The number of esters is 1. The summed E-state index contributed by atoms with van der Waals surface area (Å²) in [4.78, 5) is 29.4. The Morgan fingerprint density at radius 2 is 2.20 bits per heavy atom. The van der Waals surface area contributed by atoms with E-state index in [2.05, 4.69) is 10.3 Å². The van der Waals surface area contributed by atoms with Crippen LogP contribution >= 0.6 is 11.3 Å². The van der Waals surface area contributed by atoms with Crippen LogP contribution in [0.3, 0.4) is 0 Å². The number of rotatable bonds is 5. The molecule has 2 aromatic rings. The molecule has 0 unspecified atom stereocenters. The van der Waals surface area contributed by atoms with Crippen molar-refractivity contribution in [1.82, 2.24) is 4.98 Å². The third kappa shape index (κ3) is 4.31. The highest BCUT2D eigenvalue weighted by Crippen LogP contribution is 2.33. The van der Waals surface area contributed by atoms with Crippen LogP contribution in [0.15, 0.2) is 30.1 Å². The van der Waals surface area contributed by atoms with Gasteiger partial charge in [-0.3, -0.25) is 9.78 Å². The first-order chi connectivity index (χ1) is 12.0. The first-order valence-electron chi connectivity index (χ1n) is 7.58. The number of carbonyl (C=O) groups is 2. The number of nitriles is 1. The average Bonchev–Trinajstić information content (AvgIpc) is 2.87. The lowest BCUT2D eigenvalue weighted by Gasteiger charge is -2.06. The van der Waals surface area contributed by atoms with Crippen molar-refractivity contribution in [3.05, 3.63) is 51.7 Å². The molecular formula is C18H17N3O3S. The largest absolute Gasteiger partial charge is 0.462 e. The molecule has 0 aliphatic carbocycles. The summed E-state index contributed by atoms with van der Waals surface area (Å²) in [5.74, 6) is -1.08. The molecule has 2 rings (SSSR count). The summed E-state index contributed by atoms with van der Waals surface area (Å²) in [6.07, 6.45) is 4.60. The summed E-state index contributed by atoms with van der Waals surface area (Å²) in [6, 6.07) is 5.32. The smallest absolute Gasteiger partial charge is 0.341 e. The summed E-state index contributed by atoms with van der Waals surface area (Å²) in [5.41, 5.74) is 1.65. The zero-order chi connectivity index (χ0) is 18.4. The second-order valence-electron chi connectivity index (χ2n) is 5.12. The molecule has 1 N–H and O–H groups in total. The van der Waals surface area contributed by atoms with E-state index in [9.17, 15) is 14.9 Å². The van der Waals surface area contributed by atoms with Crippen molar-refractivity contribution in [3.8, 4) is 6.07 Å². The van der Waals surface area contributed by atoms with Gasteiger partial charge in [0.1, 0.15) is 16.6 Å². The fraction of sp³-hybridized carbons (Fsp3) is 0.222. The van der Waals surface area contributed by atoms with E-state index in [1.54, 1.807) is 38.4 Å². The predicted octanol–water partition coefficient (Wildman–Crippen LogP) is 3.48. The van der Waals surface area contributed by atoms with Gasteiger partial charge in [-0.15, -0.1) is 11.3 Å². The quantitative estimate of drug-likeness (QED) is 0.503. The zero-order valence-corrected chi connectivity index (χ0v) is 14.9. The summed E-state index contributed by atoms with van der Waals surface area (Å²) in [6.45, 7) is 5.61. The first kappa shape index (κ1) is 18.4. The van der Waals surface area contributed by atoms with E-state index in [1.807, 2.05) is 13.0 Å². The second kappa shape index (κ2) is 8.22. The molecule has 0 bridgehead atoms. The van der Waals surface area contributed by atoms with Gasteiger partial charge in [-0.25, -0.2) is 4.79 Å². The lowest BCUT2D eigenvalue weighted by atomic mass is 10.1. The molecule has 0 radical (unpaired) electrons. The number of aryl methyl sites for hydroxylation is 1. The maximum absolute atomic E-state index is 12.4. The maximum Gasteiger partial charge on any atom is 0.341 e. The van der Waals surface area contributed by atoms with Gasteiger partial charge in [-0.05, 0) is 44.0 Å². The highest BCUT2D eigenvalue weighted by Gasteiger charge is 2.23. The summed E-state index contributed by atoms with van der Waals surface area (Å²) in [5, 5.41) is 12.3. The van der Waals surface area contributed by atoms with Crippen LogP contribution in [0.4, 0.5) is 5.00 Å². The number of nitrogens with zero attached hydrogens (tertiary/aromatic N) is 2. The van der Waals surface area contributed by atoms with Gasteiger partial charge in [0, 0.05) is 17.3 Å². The van der Waals surface area contributed by atoms with E-state index >= 15 is 0 Å². The molecular weight excluding hydrogens is 338 g/mol. The minimum atomic E-state index is -0.585. The molecule has 7 heteroatoms. The molecule has 0 spiro atoms. The van der Waals surface area contributed by atoms with E-state index < -0.39 is 11.9 Å². The molecule has 128 valence electrons. The van der Waals surface area contributed by atoms with Gasteiger partial charge < -0.3 is 10.1 Å². The minimum Gasteiger partial charge on any atom is -0.462 e. The number of ether oxygens (including phenoxy) is 1. The SMILES string of the molecule is CCOC(=O)c1c(NC(=O)C(C#N)=Cc2cccnc2)sc(C)c1C. The number of thiophene rings is 1. The van der Waals surface area contributed by atoms with Crippen molar-refractivity contribution in [3.63, 3.8) is 0 Å². The minimum absolute atomic E-state index is 0.0773. The molecule has 6 nitrogen and oxygen atoms in total. The molecule has 2 heterocycles. The normalized spacial score (nSPS) is 10.9. The molecule has 0 aliphatic heterocycles. The molecule has 0 fully saturated rings. The van der Waals surface area contributed by atoms with Crippen LogP contribution in [-0.4, -0.2) is 23.5 Å². The van der Waals surface area contributed by atoms with E-state index in [0.717, 1.165) is 10.4 Å². The van der Waals surface area contributed by atoms with Crippen LogP contribution in [0, 0.1) is 25.2 Å². The Morgan fingerprint density at radius 3 is 2.80 bits per heavy atom. The number of aromatic nitrogens is 1. The van der Waals surface area contributed by atoms with Crippen LogP contribution in [0.25, 0.3) is 6.08 Å². The molecule has 0 atom stereocenters. The van der Waals surface area contributed by atoms with Gasteiger partial charge in [0.2, 0.25) is 0 Å². The first-order valence-corrected chi connectivity index (χ1v) is 8.39. The van der Waals surface area contributed by atoms with Crippen molar-refractivity contribution < 1.29 is 14.3 Å². The highest BCUT2D eigenvalue weighted by molar-refractivity contribution is 7.16. The molecule has 0 aromatic carbocycles. The number of nitrogens with one attached hydrogen (secondary N) is 1. The van der Waals surface area contributed by atoms with Gasteiger partial charge in [-0.2, -0.15) is 5.26 Å². The Kier molecular flexibility index (Phi) is 6.03. The predicted molar refractivity (Wildman–Crippen MR) is 96.2 cm³/mol. The van der Waals surface area contributed by atoms with Crippen molar-refractivity contribution in [1.29, 1.82) is 5.26 Å². The van der Waals surface area contributed by atoms with Crippen LogP contribution < -0.4 is 5.32 Å². The van der Waals surface area contributed by atoms with Crippen LogP contribution in [0.5, 0.6) is 0 Å². The summed E-state index contributed by atoms with van der Waals surface area (Å²) < 4.78 is 5.06. The molecule has 2 aromatic heterocycles. The topological polar surface area (TPSA) is 92.1 Å². The number of amides is 1. The molecule has 0 saturated heterocycles. The van der Waals surface area contributed by atoms with E-state index in [1.165, 1.54) is 17.4 Å². The second-order valence-corrected chi connectivity index (χ2v) is 6.34. The van der Waals surface area contributed by atoms with Crippen LogP contribution in [0.2, 0.25) is 0 Å². The van der Waals surface area contributed by atoms with Crippen molar-refractivity contribution in [2.75, 3.05) is 11.9 Å².